The molecular formula is C17H20ClNO2. The van der Waals surface area contributed by atoms with E-state index in [1.807, 2.05) is 25.1 Å². The van der Waals surface area contributed by atoms with Gasteiger partial charge in [-0.3, -0.25) is 9.59 Å². The van der Waals surface area contributed by atoms with Crippen molar-refractivity contribution in [2.24, 2.45) is 0 Å². The standard InChI is InChI=1S/C17H20ClNO2/c1-11-9-13(7-8-16(11)18)19-10-17(21)15-6-4-3-5-14(15)12(2)20/h7-9,19H,3-6,10H2,1-2H3. The van der Waals surface area contributed by atoms with Crippen molar-refractivity contribution in [1.29, 1.82) is 0 Å². The van der Waals surface area contributed by atoms with E-state index in [0.29, 0.717) is 10.6 Å². The number of benzene rings is 1. The molecule has 3 nitrogen and oxygen atoms in total. The molecule has 0 atom stereocenters. The fourth-order valence-electron chi connectivity index (χ4n) is 2.65. The second-order valence-electron chi connectivity index (χ2n) is 5.46. The molecule has 112 valence electrons. The van der Waals surface area contributed by atoms with Gasteiger partial charge in [0.15, 0.2) is 11.6 Å². The van der Waals surface area contributed by atoms with Crippen LogP contribution in [0.25, 0.3) is 0 Å². The summed E-state index contributed by atoms with van der Waals surface area (Å²) in [6.07, 6.45) is 3.43. The highest BCUT2D eigenvalue weighted by Gasteiger charge is 2.21. The minimum absolute atomic E-state index is 0.0208. The van der Waals surface area contributed by atoms with E-state index in [1.165, 1.54) is 0 Å². The van der Waals surface area contributed by atoms with Gasteiger partial charge in [-0.05, 0) is 63.3 Å². The van der Waals surface area contributed by atoms with E-state index in [1.54, 1.807) is 6.92 Å². The Balaban J connectivity index is 2.07. The predicted molar refractivity (Wildman–Crippen MR) is 85.9 cm³/mol. The summed E-state index contributed by atoms with van der Waals surface area (Å²) in [5, 5.41) is 3.82. The average molecular weight is 306 g/mol. The van der Waals surface area contributed by atoms with Crippen LogP contribution >= 0.6 is 11.6 Å². The van der Waals surface area contributed by atoms with E-state index in [9.17, 15) is 9.59 Å². The molecule has 1 N–H and O–H groups in total. The lowest BCUT2D eigenvalue weighted by atomic mass is 9.87. The molecule has 0 heterocycles. The highest BCUT2D eigenvalue weighted by molar-refractivity contribution is 6.31. The van der Waals surface area contributed by atoms with Crippen LogP contribution in [-0.2, 0) is 9.59 Å². The highest BCUT2D eigenvalue weighted by Crippen LogP contribution is 2.26. The number of ketones is 2. The molecule has 0 amide bonds. The van der Waals surface area contributed by atoms with Gasteiger partial charge in [0.05, 0.1) is 6.54 Å². The molecule has 0 spiro atoms. The minimum Gasteiger partial charge on any atom is -0.378 e. The molecule has 1 aromatic carbocycles. The summed E-state index contributed by atoms with van der Waals surface area (Å²) in [5.41, 5.74) is 3.27. The van der Waals surface area contributed by atoms with Crippen LogP contribution in [0.3, 0.4) is 0 Å². The van der Waals surface area contributed by atoms with Crippen LogP contribution in [-0.4, -0.2) is 18.1 Å². The van der Waals surface area contributed by atoms with Crippen LogP contribution in [0.4, 0.5) is 5.69 Å². The average Bonchev–Trinajstić information content (AvgIpc) is 2.48. The van der Waals surface area contributed by atoms with Crippen LogP contribution < -0.4 is 5.32 Å². The van der Waals surface area contributed by atoms with E-state index in [-0.39, 0.29) is 18.1 Å². The summed E-state index contributed by atoms with van der Waals surface area (Å²) >= 11 is 5.98. The van der Waals surface area contributed by atoms with E-state index >= 15 is 0 Å². The van der Waals surface area contributed by atoms with E-state index in [0.717, 1.165) is 42.5 Å². The number of aryl methyl sites for hydroxylation is 1. The third-order valence-corrected chi connectivity index (χ3v) is 4.26. The van der Waals surface area contributed by atoms with Crippen LogP contribution in [0.15, 0.2) is 29.3 Å². The summed E-state index contributed by atoms with van der Waals surface area (Å²) in [4.78, 5) is 24.0. The second-order valence-corrected chi connectivity index (χ2v) is 5.87. The number of anilines is 1. The SMILES string of the molecule is CC(=O)C1=C(C(=O)CNc2ccc(Cl)c(C)c2)CCCC1. The number of hydrogen-bond donors (Lipinski definition) is 1. The fraction of sp³-hybridized carbons (Fsp3) is 0.412. The second kappa shape index (κ2) is 6.90. The first-order chi connectivity index (χ1) is 9.99. The van der Waals surface area contributed by atoms with Gasteiger partial charge in [0.1, 0.15) is 0 Å². The summed E-state index contributed by atoms with van der Waals surface area (Å²) < 4.78 is 0. The number of rotatable bonds is 5. The van der Waals surface area contributed by atoms with Crippen molar-refractivity contribution in [2.75, 3.05) is 11.9 Å². The molecule has 4 heteroatoms. The Morgan fingerprint density at radius 3 is 2.48 bits per heavy atom. The molecule has 0 saturated heterocycles. The molecule has 0 fully saturated rings. The maximum Gasteiger partial charge on any atom is 0.178 e. The fourth-order valence-corrected chi connectivity index (χ4v) is 2.76. The van der Waals surface area contributed by atoms with Crippen molar-refractivity contribution in [3.63, 3.8) is 0 Å². The largest absolute Gasteiger partial charge is 0.378 e. The molecule has 2 rings (SSSR count). The molecule has 1 aromatic rings. The maximum absolute atomic E-state index is 12.3. The predicted octanol–water partition coefficient (Wildman–Crippen LogP) is 4.09. The summed E-state index contributed by atoms with van der Waals surface area (Å²) in [6.45, 7) is 3.68. The highest BCUT2D eigenvalue weighted by atomic mass is 35.5. The first-order valence-electron chi connectivity index (χ1n) is 7.25. The normalized spacial score (nSPS) is 15.0. The molecule has 0 radical (unpaired) electrons. The van der Waals surface area contributed by atoms with Gasteiger partial charge in [-0.15, -0.1) is 0 Å². The Hall–Kier alpha value is -1.61. The topological polar surface area (TPSA) is 46.2 Å². The van der Waals surface area contributed by atoms with Gasteiger partial charge in [-0.25, -0.2) is 0 Å². The zero-order valence-electron chi connectivity index (χ0n) is 12.5. The molecular weight excluding hydrogens is 286 g/mol. The molecule has 0 aliphatic heterocycles. The maximum atomic E-state index is 12.3. The summed E-state index contributed by atoms with van der Waals surface area (Å²) in [6, 6.07) is 5.57. The number of nitrogens with one attached hydrogen (secondary N) is 1. The van der Waals surface area contributed by atoms with E-state index in [4.69, 9.17) is 11.6 Å². The minimum atomic E-state index is 0.0208. The molecule has 0 aromatic heterocycles. The number of allylic oxidation sites excluding steroid dienone is 1. The Labute approximate surface area is 130 Å². The Bertz CT molecular complexity index is 605. The number of carbonyl (C=O) groups excluding carboxylic acids is 2. The number of Topliss-reactive ketones (excluding diaryl/α,β-unsaturated/α-hetero) is 2. The van der Waals surface area contributed by atoms with Gasteiger partial charge in [0, 0.05) is 21.9 Å². The lowest BCUT2D eigenvalue weighted by Gasteiger charge is -2.18. The van der Waals surface area contributed by atoms with Gasteiger partial charge in [0.25, 0.3) is 0 Å². The van der Waals surface area contributed by atoms with Crippen LogP contribution in [0, 0.1) is 6.92 Å². The van der Waals surface area contributed by atoms with Gasteiger partial charge in [-0.1, -0.05) is 11.6 Å². The van der Waals surface area contributed by atoms with E-state index in [2.05, 4.69) is 5.32 Å². The number of carbonyl (C=O) groups is 2. The Morgan fingerprint density at radius 2 is 1.86 bits per heavy atom. The molecule has 21 heavy (non-hydrogen) atoms. The van der Waals surface area contributed by atoms with Gasteiger partial charge >= 0.3 is 0 Å². The van der Waals surface area contributed by atoms with E-state index < -0.39 is 0 Å². The van der Waals surface area contributed by atoms with Gasteiger partial charge in [0.2, 0.25) is 0 Å². The van der Waals surface area contributed by atoms with Gasteiger partial charge in [-0.2, -0.15) is 0 Å². The first-order valence-corrected chi connectivity index (χ1v) is 7.63. The van der Waals surface area contributed by atoms with Crippen molar-refractivity contribution in [3.05, 3.63) is 39.9 Å². The lowest BCUT2D eigenvalue weighted by molar-refractivity contribution is -0.116. The summed E-state index contributed by atoms with van der Waals surface area (Å²) in [5.74, 6) is 0.0490. The van der Waals surface area contributed by atoms with Crippen molar-refractivity contribution in [3.8, 4) is 0 Å². The van der Waals surface area contributed by atoms with Gasteiger partial charge < -0.3 is 5.32 Å². The number of halogens is 1. The monoisotopic (exact) mass is 305 g/mol. The molecule has 1 aliphatic carbocycles. The zero-order valence-corrected chi connectivity index (χ0v) is 13.2. The molecule has 1 aliphatic rings. The Kier molecular flexibility index (Phi) is 5.18. The van der Waals surface area contributed by atoms with Crippen LogP contribution in [0.1, 0.15) is 38.2 Å². The molecule has 0 bridgehead atoms. The molecule has 0 unspecified atom stereocenters. The van der Waals surface area contributed by atoms with Crippen LogP contribution in [0.5, 0.6) is 0 Å². The van der Waals surface area contributed by atoms with Crippen molar-refractivity contribution in [1.82, 2.24) is 0 Å². The summed E-state index contributed by atoms with van der Waals surface area (Å²) in [7, 11) is 0. The van der Waals surface area contributed by atoms with Crippen LogP contribution in [0.2, 0.25) is 5.02 Å². The molecule has 0 saturated carbocycles. The third-order valence-electron chi connectivity index (χ3n) is 3.84. The third kappa shape index (κ3) is 3.94. The zero-order chi connectivity index (χ0) is 15.4. The van der Waals surface area contributed by atoms with Crippen molar-refractivity contribution >= 4 is 28.9 Å². The Morgan fingerprint density at radius 1 is 1.19 bits per heavy atom. The first kappa shape index (κ1) is 15.8. The quantitative estimate of drug-likeness (QED) is 0.891. The van der Waals surface area contributed by atoms with Crippen molar-refractivity contribution < 1.29 is 9.59 Å². The smallest absolute Gasteiger partial charge is 0.178 e. The number of hydrogen-bond acceptors (Lipinski definition) is 3. The lowest BCUT2D eigenvalue weighted by Crippen LogP contribution is -2.21. The van der Waals surface area contributed by atoms with Crippen molar-refractivity contribution in [2.45, 2.75) is 39.5 Å².